The van der Waals surface area contributed by atoms with Crippen LogP contribution >= 0.6 is 0 Å². The first kappa shape index (κ1) is 15.6. The van der Waals surface area contributed by atoms with Crippen molar-refractivity contribution in [3.8, 4) is 6.07 Å². The van der Waals surface area contributed by atoms with E-state index in [0.717, 1.165) is 18.5 Å². The van der Waals surface area contributed by atoms with Crippen molar-refractivity contribution in [1.82, 2.24) is 4.90 Å². The van der Waals surface area contributed by atoms with Gasteiger partial charge in [-0.25, -0.2) is 0 Å². The Kier molecular flexibility index (Phi) is 6.60. The minimum Gasteiger partial charge on any atom is -0.293 e. The summed E-state index contributed by atoms with van der Waals surface area (Å²) in [5.74, 6) is 0. The third-order valence-electron chi connectivity index (χ3n) is 5.18. The van der Waals surface area contributed by atoms with Gasteiger partial charge in [-0.2, -0.15) is 5.26 Å². The normalized spacial score (nSPS) is 23.4. The zero-order valence-electron chi connectivity index (χ0n) is 12.9. The van der Waals surface area contributed by atoms with Crippen molar-refractivity contribution in [2.75, 3.05) is 0 Å². The lowest BCUT2D eigenvalue weighted by molar-refractivity contribution is 0.0399. The molecular weight excluding hydrogens is 244 g/mol. The Morgan fingerprint density at radius 3 is 1.90 bits per heavy atom. The van der Waals surface area contributed by atoms with Crippen molar-refractivity contribution in [3.05, 3.63) is 12.7 Å². The van der Waals surface area contributed by atoms with Gasteiger partial charge in [0, 0.05) is 18.1 Å². The molecule has 0 radical (unpaired) electrons. The van der Waals surface area contributed by atoms with Gasteiger partial charge in [0.05, 0.1) is 12.5 Å². The maximum absolute atomic E-state index is 9.20. The highest BCUT2D eigenvalue weighted by atomic mass is 15.2. The molecule has 0 bridgehead atoms. The molecule has 2 fully saturated rings. The molecule has 0 amide bonds. The number of nitriles is 1. The van der Waals surface area contributed by atoms with Gasteiger partial charge >= 0.3 is 0 Å². The first-order chi connectivity index (χ1) is 9.86. The van der Waals surface area contributed by atoms with Crippen molar-refractivity contribution in [2.45, 2.75) is 95.2 Å². The highest BCUT2D eigenvalue weighted by molar-refractivity contribution is 4.94. The van der Waals surface area contributed by atoms with E-state index in [2.05, 4.69) is 17.5 Å². The third kappa shape index (κ3) is 4.09. The molecule has 0 aliphatic heterocycles. The number of rotatable bonds is 6. The van der Waals surface area contributed by atoms with Crippen molar-refractivity contribution in [1.29, 1.82) is 5.26 Å². The number of nitrogens with zero attached hydrogens (tertiary/aromatic N) is 2. The quantitative estimate of drug-likeness (QED) is 0.650. The fourth-order valence-electron chi connectivity index (χ4n) is 4.26. The van der Waals surface area contributed by atoms with Gasteiger partial charge in [0.2, 0.25) is 0 Å². The first-order valence-electron chi connectivity index (χ1n) is 8.62. The van der Waals surface area contributed by atoms with Crippen molar-refractivity contribution < 1.29 is 0 Å². The van der Waals surface area contributed by atoms with E-state index in [0.29, 0.717) is 12.5 Å². The van der Waals surface area contributed by atoms with Crippen molar-refractivity contribution in [3.63, 3.8) is 0 Å². The molecule has 1 atom stereocenters. The van der Waals surface area contributed by atoms with E-state index < -0.39 is 0 Å². The molecule has 2 aliphatic rings. The van der Waals surface area contributed by atoms with Crippen LogP contribution in [0, 0.1) is 11.3 Å². The maximum atomic E-state index is 9.20. The van der Waals surface area contributed by atoms with Crippen LogP contribution < -0.4 is 0 Å². The monoisotopic (exact) mass is 274 g/mol. The van der Waals surface area contributed by atoms with Gasteiger partial charge in [-0.3, -0.25) is 4.90 Å². The van der Waals surface area contributed by atoms with E-state index in [9.17, 15) is 5.26 Å². The summed E-state index contributed by atoms with van der Waals surface area (Å²) >= 11 is 0. The second-order valence-electron chi connectivity index (χ2n) is 6.57. The zero-order valence-corrected chi connectivity index (χ0v) is 12.9. The molecule has 0 saturated heterocycles. The summed E-state index contributed by atoms with van der Waals surface area (Å²) in [6.07, 6.45) is 17.3. The SMILES string of the molecule is C=CCC(CC#N)N(C1CCCCC1)C1CCCCC1. The second kappa shape index (κ2) is 8.47. The summed E-state index contributed by atoms with van der Waals surface area (Å²) in [4.78, 5) is 2.77. The van der Waals surface area contributed by atoms with Gasteiger partial charge in [0.25, 0.3) is 0 Å². The minimum atomic E-state index is 0.406. The van der Waals surface area contributed by atoms with Crippen LogP contribution in [0.4, 0.5) is 0 Å². The topological polar surface area (TPSA) is 27.0 Å². The van der Waals surface area contributed by atoms with Crippen molar-refractivity contribution >= 4 is 0 Å². The molecule has 1 unspecified atom stereocenters. The molecule has 112 valence electrons. The first-order valence-corrected chi connectivity index (χ1v) is 8.62. The highest BCUT2D eigenvalue weighted by Gasteiger charge is 2.33. The predicted octanol–water partition coefficient (Wildman–Crippen LogP) is 4.81. The summed E-state index contributed by atoms with van der Waals surface area (Å²) in [6.45, 7) is 3.92. The van der Waals surface area contributed by atoms with Crippen LogP contribution in [-0.2, 0) is 0 Å². The largest absolute Gasteiger partial charge is 0.293 e. The maximum Gasteiger partial charge on any atom is 0.0638 e. The lowest BCUT2D eigenvalue weighted by Crippen LogP contribution is -2.50. The summed E-state index contributed by atoms with van der Waals surface area (Å²) in [5.41, 5.74) is 0. The Labute approximate surface area is 124 Å². The van der Waals surface area contributed by atoms with E-state index in [1.807, 2.05) is 6.08 Å². The van der Waals surface area contributed by atoms with Gasteiger partial charge in [0.15, 0.2) is 0 Å². The molecule has 2 heteroatoms. The van der Waals surface area contributed by atoms with E-state index in [1.54, 1.807) is 0 Å². The standard InChI is InChI=1S/C18H30N2/c1-2-9-16(14-15-19)20(17-10-5-3-6-11-17)18-12-7-4-8-13-18/h2,16-18H,1,3-14H2. The minimum absolute atomic E-state index is 0.406. The van der Waals surface area contributed by atoms with Crippen LogP contribution in [0.25, 0.3) is 0 Å². The molecule has 0 spiro atoms. The average molecular weight is 274 g/mol. The van der Waals surface area contributed by atoms with Gasteiger partial charge in [-0.05, 0) is 32.1 Å². The van der Waals surface area contributed by atoms with E-state index >= 15 is 0 Å². The summed E-state index contributed by atoms with van der Waals surface area (Å²) < 4.78 is 0. The van der Waals surface area contributed by atoms with Crippen LogP contribution in [-0.4, -0.2) is 23.0 Å². The molecule has 0 aromatic heterocycles. The van der Waals surface area contributed by atoms with Gasteiger partial charge in [0.1, 0.15) is 0 Å². The second-order valence-corrected chi connectivity index (χ2v) is 6.57. The Hall–Kier alpha value is -0.810. The lowest BCUT2D eigenvalue weighted by Gasteiger charge is -2.45. The Morgan fingerprint density at radius 1 is 1.00 bits per heavy atom. The zero-order chi connectivity index (χ0) is 14.2. The molecule has 2 saturated carbocycles. The van der Waals surface area contributed by atoms with Gasteiger partial charge in [-0.1, -0.05) is 44.6 Å². The Bertz CT molecular complexity index is 301. The molecule has 20 heavy (non-hydrogen) atoms. The summed E-state index contributed by atoms with van der Waals surface area (Å²) in [5, 5.41) is 9.20. The summed E-state index contributed by atoms with van der Waals surface area (Å²) in [7, 11) is 0. The van der Waals surface area contributed by atoms with Crippen LogP contribution in [0.2, 0.25) is 0 Å². The van der Waals surface area contributed by atoms with Gasteiger partial charge < -0.3 is 0 Å². The average Bonchev–Trinajstić information content (AvgIpc) is 2.50. The predicted molar refractivity (Wildman–Crippen MR) is 84.4 cm³/mol. The molecule has 2 nitrogen and oxygen atoms in total. The molecule has 0 aromatic carbocycles. The number of hydrogen-bond donors (Lipinski definition) is 0. The van der Waals surface area contributed by atoms with Gasteiger partial charge in [-0.15, -0.1) is 6.58 Å². The molecule has 0 N–H and O–H groups in total. The van der Waals surface area contributed by atoms with Crippen LogP contribution in [0.5, 0.6) is 0 Å². The lowest BCUT2D eigenvalue weighted by atomic mass is 9.86. The number of hydrogen-bond acceptors (Lipinski definition) is 2. The Balaban J connectivity index is 2.11. The van der Waals surface area contributed by atoms with E-state index in [-0.39, 0.29) is 0 Å². The smallest absolute Gasteiger partial charge is 0.0638 e. The van der Waals surface area contributed by atoms with Crippen molar-refractivity contribution in [2.24, 2.45) is 0 Å². The fourth-order valence-corrected chi connectivity index (χ4v) is 4.26. The molecule has 0 aromatic rings. The molecule has 2 rings (SSSR count). The third-order valence-corrected chi connectivity index (χ3v) is 5.18. The van der Waals surface area contributed by atoms with Crippen LogP contribution in [0.3, 0.4) is 0 Å². The molecule has 2 aliphatic carbocycles. The van der Waals surface area contributed by atoms with E-state index in [1.165, 1.54) is 64.2 Å². The highest BCUT2D eigenvalue weighted by Crippen LogP contribution is 2.33. The van der Waals surface area contributed by atoms with Crippen LogP contribution in [0.1, 0.15) is 77.0 Å². The summed E-state index contributed by atoms with van der Waals surface area (Å²) in [6, 6.07) is 4.28. The fraction of sp³-hybridized carbons (Fsp3) is 0.833. The Morgan fingerprint density at radius 2 is 1.50 bits per heavy atom. The molecule has 0 heterocycles. The van der Waals surface area contributed by atoms with Crippen LogP contribution in [0.15, 0.2) is 12.7 Å². The molecular formula is C18H30N2. The van der Waals surface area contributed by atoms with E-state index in [4.69, 9.17) is 0 Å².